The van der Waals surface area contributed by atoms with Crippen LogP contribution in [0.5, 0.6) is 0 Å². The van der Waals surface area contributed by atoms with Crippen molar-refractivity contribution >= 4 is 41.0 Å². The van der Waals surface area contributed by atoms with Crippen LogP contribution < -0.4 is 10.2 Å². The maximum Gasteiger partial charge on any atom is 0.338 e. The predicted molar refractivity (Wildman–Crippen MR) is 121 cm³/mol. The summed E-state index contributed by atoms with van der Waals surface area (Å²) in [7, 11) is 1.44. The highest BCUT2D eigenvalue weighted by atomic mass is 16.5. The van der Waals surface area contributed by atoms with Gasteiger partial charge in [0, 0.05) is 25.6 Å². The highest BCUT2D eigenvalue weighted by Gasteiger charge is 2.30. The number of likely N-dealkylation sites (N-methyl/N-ethyl adjacent to an activating group) is 1. The first-order valence-corrected chi connectivity index (χ1v) is 10.4. The Hall–Kier alpha value is -4.01. The van der Waals surface area contributed by atoms with Crippen molar-refractivity contribution in [2.45, 2.75) is 26.7 Å². The van der Waals surface area contributed by atoms with Gasteiger partial charge in [-0.25, -0.2) is 4.79 Å². The van der Waals surface area contributed by atoms with E-state index in [2.05, 4.69) is 5.32 Å². The second-order valence-electron chi connectivity index (χ2n) is 7.81. The molecule has 0 bridgehead atoms. The molecule has 9 nitrogen and oxygen atoms in total. The number of imide groups is 1. The van der Waals surface area contributed by atoms with E-state index < -0.39 is 18.5 Å². The molecule has 0 saturated carbocycles. The second-order valence-corrected chi connectivity index (χ2v) is 7.81. The van der Waals surface area contributed by atoms with E-state index in [0.29, 0.717) is 11.4 Å². The zero-order valence-electron chi connectivity index (χ0n) is 18.7. The highest BCUT2D eigenvalue weighted by Crippen LogP contribution is 2.23. The van der Waals surface area contributed by atoms with E-state index in [4.69, 9.17) is 4.74 Å². The molecule has 1 aliphatic rings. The summed E-state index contributed by atoms with van der Waals surface area (Å²) in [6.07, 6.45) is 0.335. The summed E-state index contributed by atoms with van der Waals surface area (Å²) >= 11 is 0. The van der Waals surface area contributed by atoms with Crippen molar-refractivity contribution in [3.8, 4) is 0 Å². The summed E-state index contributed by atoms with van der Waals surface area (Å²) in [6, 6.07) is 11.4. The average Bonchev–Trinajstić information content (AvgIpc) is 3.12. The minimum atomic E-state index is -0.734. The number of benzene rings is 2. The van der Waals surface area contributed by atoms with Crippen LogP contribution in [-0.2, 0) is 23.9 Å². The van der Waals surface area contributed by atoms with Gasteiger partial charge in [-0.2, -0.15) is 0 Å². The van der Waals surface area contributed by atoms with Crippen LogP contribution in [0.2, 0.25) is 0 Å². The Morgan fingerprint density at radius 1 is 0.970 bits per heavy atom. The number of rotatable bonds is 7. The van der Waals surface area contributed by atoms with Gasteiger partial charge in [0.05, 0.1) is 17.8 Å². The maximum absolute atomic E-state index is 12.3. The minimum absolute atomic E-state index is 0.168. The molecule has 1 fully saturated rings. The van der Waals surface area contributed by atoms with E-state index in [1.807, 2.05) is 32.0 Å². The van der Waals surface area contributed by atoms with Crippen LogP contribution >= 0.6 is 0 Å². The fourth-order valence-corrected chi connectivity index (χ4v) is 3.43. The number of hydrogen-bond donors (Lipinski definition) is 1. The van der Waals surface area contributed by atoms with Crippen LogP contribution in [0.25, 0.3) is 0 Å². The van der Waals surface area contributed by atoms with Gasteiger partial charge in [0.2, 0.25) is 17.7 Å². The molecule has 0 spiro atoms. The third-order valence-electron chi connectivity index (χ3n) is 5.29. The van der Waals surface area contributed by atoms with Crippen LogP contribution in [0.1, 0.15) is 34.3 Å². The van der Waals surface area contributed by atoms with E-state index in [-0.39, 0.29) is 42.7 Å². The lowest BCUT2D eigenvalue weighted by molar-refractivity contribution is -0.136. The molecular formula is C24H25N3O6. The third-order valence-corrected chi connectivity index (χ3v) is 5.29. The van der Waals surface area contributed by atoms with Gasteiger partial charge in [0.1, 0.15) is 0 Å². The van der Waals surface area contributed by atoms with Crippen LogP contribution in [0.4, 0.5) is 11.4 Å². The molecule has 1 heterocycles. The lowest BCUT2D eigenvalue weighted by Crippen LogP contribution is -2.37. The average molecular weight is 451 g/mol. The van der Waals surface area contributed by atoms with Crippen LogP contribution in [0, 0.1) is 13.8 Å². The number of anilines is 2. The van der Waals surface area contributed by atoms with Gasteiger partial charge < -0.3 is 15.0 Å². The van der Waals surface area contributed by atoms with Crippen molar-refractivity contribution in [3.63, 3.8) is 0 Å². The molecule has 2 aromatic carbocycles. The zero-order valence-corrected chi connectivity index (χ0v) is 18.7. The van der Waals surface area contributed by atoms with E-state index in [1.165, 1.54) is 36.2 Å². The standard InChI is InChI=1S/C24H25N3O6/c1-15-5-4-6-16(2)23(15)25-19(28)13-26(3)22(31)14-33-24(32)17-7-9-18(10-8-17)27-20(29)11-12-21(27)30/h4-10H,11-14H2,1-3H3,(H,25,28). The quantitative estimate of drug-likeness (QED) is 0.510. The van der Waals surface area contributed by atoms with E-state index in [9.17, 15) is 24.0 Å². The summed E-state index contributed by atoms with van der Waals surface area (Å²) < 4.78 is 5.05. The lowest BCUT2D eigenvalue weighted by Gasteiger charge is -2.18. The summed E-state index contributed by atoms with van der Waals surface area (Å²) in [5.74, 6) is -2.21. The Labute approximate surface area is 191 Å². The molecule has 0 aliphatic carbocycles. The molecule has 1 N–H and O–H groups in total. The molecule has 0 atom stereocenters. The topological polar surface area (TPSA) is 113 Å². The van der Waals surface area contributed by atoms with Gasteiger partial charge in [-0.3, -0.25) is 24.1 Å². The first-order chi connectivity index (χ1) is 15.7. The Kier molecular flexibility index (Phi) is 7.22. The fraction of sp³-hybridized carbons (Fsp3) is 0.292. The number of ether oxygens (including phenoxy) is 1. The third kappa shape index (κ3) is 5.62. The van der Waals surface area contributed by atoms with Crippen molar-refractivity contribution in [1.82, 2.24) is 4.90 Å². The predicted octanol–water partition coefficient (Wildman–Crippen LogP) is 2.21. The molecule has 9 heteroatoms. The minimum Gasteiger partial charge on any atom is -0.452 e. The van der Waals surface area contributed by atoms with Gasteiger partial charge >= 0.3 is 5.97 Å². The molecule has 33 heavy (non-hydrogen) atoms. The fourth-order valence-electron chi connectivity index (χ4n) is 3.43. The summed E-state index contributed by atoms with van der Waals surface area (Å²) in [5, 5.41) is 2.80. The van der Waals surface area contributed by atoms with Crippen molar-refractivity contribution in [1.29, 1.82) is 0 Å². The summed E-state index contributed by atoms with van der Waals surface area (Å²) in [4.78, 5) is 62.7. The van der Waals surface area contributed by atoms with Gasteiger partial charge in [0.15, 0.2) is 6.61 Å². The molecule has 2 aromatic rings. The number of aryl methyl sites for hydroxylation is 2. The number of nitrogens with one attached hydrogen (secondary N) is 1. The van der Waals surface area contributed by atoms with Crippen LogP contribution in [0.3, 0.4) is 0 Å². The van der Waals surface area contributed by atoms with Gasteiger partial charge in [-0.1, -0.05) is 18.2 Å². The molecule has 0 unspecified atom stereocenters. The zero-order chi connectivity index (χ0) is 24.1. The number of esters is 1. The molecule has 1 saturated heterocycles. The monoisotopic (exact) mass is 451 g/mol. The molecular weight excluding hydrogens is 426 g/mol. The second kappa shape index (κ2) is 10.1. The van der Waals surface area contributed by atoms with Gasteiger partial charge in [-0.15, -0.1) is 0 Å². The Morgan fingerprint density at radius 2 is 1.55 bits per heavy atom. The molecule has 172 valence electrons. The van der Waals surface area contributed by atoms with Crippen LogP contribution in [0.15, 0.2) is 42.5 Å². The van der Waals surface area contributed by atoms with Gasteiger partial charge in [-0.05, 0) is 49.2 Å². The smallest absolute Gasteiger partial charge is 0.338 e. The molecule has 0 radical (unpaired) electrons. The number of para-hydroxylation sites is 1. The van der Waals surface area contributed by atoms with Crippen LogP contribution in [-0.4, -0.2) is 54.7 Å². The van der Waals surface area contributed by atoms with Crippen molar-refractivity contribution in [3.05, 3.63) is 59.2 Å². The molecule has 4 amide bonds. The normalized spacial score (nSPS) is 13.1. The Morgan fingerprint density at radius 3 is 2.12 bits per heavy atom. The van der Waals surface area contributed by atoms with E-state index >= 15 is 0 Å². The molecule has 3 rings (SSSR count). The number of carbonyl (C=O) groups excluding carboxylic acids is 5. The number of hydrogen-bond acceptors (Lipinski definition) is 6. The van der Waals surface area contributed by atoms with Crippen molar-refractivity contribution in [2.75, 3.05) is 30.4 Å². The maximum atomic E-state index is 12.3. The molecule has 0 aromatic heterocycles. The van der Waals surface area contributed by atoms with Gasteiger partial charge in [0.25, 0.3) is 5.91 Å². The molecule has 1 aliphatic heterocycles. The first-order valence-electron chi connectivity index (χ1n) is 10.4. The lowest BCUT2D eigenvalue weighted by atomic mass is 10.1. The summed E-state index contributed by atoms with van der Waals surface area (Å²) in [5.41, 5.74) is 3.08. The summed E-state index contributed by atoms with van der Waals surface area (Å²) in [6.45, 7) is 3.03. The SMILES string of the molecule is Cc1cccc(C)c1NC(=O)CN(C)C(=O)COC(=O)c1ccc(N2C(=O)CCC2=O)cc1. The highest BCUT2D eigenvalue weighted by molar-refractivity contribution is 6.19. The number of amides is 4. The largest absolute Gasteiger partial charge is 0.452 e. The van der Waals surface area contributed by atoms with E-state index in [0.717, 1.165) is 16.0 Å². The number of nitrogens with zero attached hydrogens (tertiary/aromatic N) is 2. The van der Waals surface area contributed by atoms with E-state index in [1.54, 1.807) is 0 Å². The Balaban J connectivity index is 1.50. The van der Waals surface area contributed by atoms with Crippen molar-refractivity contribution < 1.29 is 28.7 Å². The Bertz CT molecular complexity index is 1070. The first kappa shape index (κ1) is 23.6. The number of carbonyl (C=O) groups is 5. The van der Waals surface area contributed by atoms with Crippen molar-refractivity contribution in [2.24, 2.45) is 0 Å².